The number of carbonyl (C=O) groups excluding carboxylic acids is 1. The standard InChI is InChI=1S/C13H13FN2OS/c14-12-4-2-1-3-10(12)5-6-13(17)15-7-11-8-18-9-16-11/h1-4,8-9H,5-7H2,(H,15,17). The van der Waals surface area contributed by atoms with Gasteiger partial charge in [0.2, 0.25) is 5.91 Å². The molecule has 1 aromatic heterocycles. The van der Waals surface area contributed by atoms with Crippen molar-refractivity contribution >= 4 is 17.2 Å². The number of aromatic nitrogens is 1. The number of thiazole rings is 1. The normalized spacial score (nSPS) is 10.3. The van der Waals surface area contributed by atoms with Gasteiger partial charge in [0.05, 0.1) is 17.7 Å². The Balaban J connectivity index is 1.77. The van der Waals surface area contributed by atoms with Gasteiger partial charge in [-0.05, 0) is 18.1 Å². The van der Waals surface area contributed by atoms with E-state index >= 15 is 0 Å². The van der Waals surface area contributed by atoms with E-state index in [-0.39, 0.29) is 18.1 Å². The van der Waals surface area contributed by atoms with Crippen LogP contribution >= 0.6 is 11.3 Å². The predicted octanol–water partition coefficient (Wildman–Crippen LogP) is 2.53. The van der Waals surface area contributed by atoms with Crippen LogP contribution in [0.4, 0.5) is 4.39 Å². The Morgan fingerprint density at radius 1 is 1.39 bits per heavy atom. The minimum atomic E-state index is -0.259. The van der Waals surface area contributed by atoms with Gasteiger partial charge in [-0.3, -0.25) is 4.79 Å². The summed E-state index contributed by atoms with van der Waals surface area (Å²) in [5.41, 5.74) is 3.14. The lowest BCUT2D eigenvalue weighted by atomic mass is 10.1. The van der Waals surface area contributed by atoms with Gasteiger partial charge in [0.15, 0.2) is 0 Å². The average Bonchev–Trinajstić information content (AvgIpc) is 2.88. The largest absolute Gasteiger partial charge is 0.350 e. The molecular formula is C13H13FN2OS. The lowest BCUT2D eigenvalue weighted by Gasteiger charge is -2.04. The van der Waals surface area contributed by atoms with E-state index in [0.717, 1.165) is 5.69 Å². The van der Waals surface area contributed by atoms with Gasteiger partial charge < -0.3 is 5.32 Å². The van der Waals surface area contributed by atoms with Crippen molar-refractivity contribution < 1.29 is 9.18 Å². The number of hydrogen-bond acceptors (Lipinski definition) is 3. The Morgan fingerprint density at radius 2 is 2.22 bits per heavy atom. The maximum atomic E-state index is 13.3. The van der Waals surface area contributed by atoms with Gasteiger partial charge in [-0.2, -0.15) is 0 Å². The number of rotatable bonds is 5. The van der Waals surface area contributed by atoms with E-state index in [1.165, 1.54) is 17.4 Å². The fraction of sp³-hybridized carbons (Fsp3) is 0.231. The minimum Gasteiger partial charge on any atom is -0.350 e. The molecule has 1 heterocycles. The number of benzene rings is 1. The van der Waals surface area contributed by atoms with E-state index in [1.54, 1.807) is 23.7 Å². The molecular weight excluding hydrogens is 251 g/mol. The van der Waals surface area contributed by atoms with Crippen molar-refractivity contribution in [1.29, 1.82) is 0 Å². The number of carbonyl (C=O) groups is 1. The summed E-state index contributed by atoms with van der Waals surface area (Å²) >= 11 is 1.49. The van der Waals surface area contributed by atoms with Crippen molar-refractivity contribution in [3.05, 3.63) is 52.2 Å². The van der Waals surface area contributed by atoms with E-state index in [2.05, 4.69) is 10.3 Å². The Kier molecular flexibility index (Phi) is 4.41. The molecule has 1 amide bonds. The van der Waals surface area contributed by atoms with Gasteiger partial charge in [-0.15, -0.1) is 11.3 Å². The lowest BCUT2D eigenvalue weighted by molar-refractivity contribution is -0.121. The fourth-order valence-corrected chi connectivity index (χ4v) is 2.11. The van der Waals surface area contributed by atoms with Gasteiger partial charge in [0.25, 0.3) is 0 Å². The Morgan fingerprint density at radius 3 is 2.94 bits per heavy atom. The van der Waals surface area contributed by atoms with Crippen molar-refractivity contribution in [2.45, 2.75) is 19.4 Å². The zero-order valence-corrected chi connectivity index (χ0v) is 10.5. The van der Waals surface area contributed by atoms with Crippen LogP contribution in [0, 0.1) is 5.82 Å². The SMILES string of the molecule is O=C(CCc1ccccc1F)NCc1cscn1. The Labute approximate surface area is 109 Å². The van der Waals surface area contributed by atoms with Crippen LogP contribution in [0.25, 0.3) is 0 Å². The third-order valence-corrected chi connectivity index (χ3v) is 3.16. The van der Waals surface area contributed by atoms with Crippen LogP contribution in [0.2, 0.25) is 0 Å². The number of nitrogens with zero attached hydrogens (tertiary/aromatic N) is 1. The first-order valence-corrected chi connectivity index (χ1v) is 6.57. The van der Waals surface area contributed by atoms with Crippen molar-refractivity contribution in [3.8, 4) is 0 Å². The smallest absolute Gasteiger partial charge is 0.220 e. The van der Waals surface area contributed by atoms with Gasteiger partial charge >= 0.3 is 0 Å². The monoisotopic (exact) mass is 264 g/mol. The quantitative estimate of drug-likeness (QED) is 0.901. The van der Waals surface area contributed by atoms with Crippen LogP contribution in [-0.2, 0) is 17.8 Å². The average molecular weight is 264 g/mol. The van der Waals surface area contributed by atoms with Gasteiger partial charge in [-0.1, -0.05) is 18.2 Å². The first kappa shape index (κ1) is 12.7. The first-order chi connectivity index (χ1) is 8.75. The Hall–Kier alpha value is -1.75. The first-order valence-electron chi connectivity index (χ1n) is 5.63. The summed E-state index contributed by atoms with van der Waals surface area (Å²) in [6.45, 7) is 0.430. The van der Waals surface area contributed by atoms with Crippen molar-refractivity contribution in [1.82, 2.24) is 10.3 Å². The second-order valence-electron chi connectivity index (χ2n) is 3.85. The summed E-state index contributed by atoms with van der Waals surface area (Å²) < 4.78 is 13.3. The van der Waals surface area contributed by atoms with E-state index in [4.69, 9.17) is 0 Å². The molecule has 0 aliphatic heterocycles. The summed E-state index contributed by atoms with van der Waals surface area (Å²) in [5.74, 6) is -0.351. The third-order valence-electron chi connectivity index (χ3n) is 2.53. The maximum absolute atomic E-state index is 13.3. The summed E-state index contributed by atoms with van der Waals surface area (Å²) in [4.78, 5) is 15.6. The molecule has 0 bridgehead atoms. The predicted molar refractivity (Wildman–Crippen MR) is 68.7 cm³/mol. The topological polar surface area (TPSA) is 42.0 Å². The van der Waals surface area contributed by atoms with E-state index in [9.17, 15) is 9.18 Å². The molecule has 18 heavy (non-hydrogen) atoms. The Bertz CT molecular complexity index is 513. The number of amides is 1. The van der Waals surface area contributed by atoms with Gasteiger partial charge in [0, 0.05) is 11.8 Å². The summed E-state index contributed by atoms with van der Waals surface area (Å²) in [6, 6.07) is 6.51. The fourth-order valence-electron chi connectivity index (χ4n) is 1.55. The van der Waals surface area contributed by atoms with Crippen LogP contribution in [0.5, 0.6) is 0 Å². The third kappa shape index (κ3) is 3.63. The summed E-state index contributed by atoms with van der Waals surface area (Å²) in [5, 5.41) is 4.64. The molecule has 3 nitrogen and oxygen atoms in total. The molecule has 1 N–H and O–H groups in total. The second-order valence-corrected chi connectivity index (χ2v) is 4.57. The molecule has 0 atom stereocenters. The molecule has 5 heteroatoms. The van der Waals surface area contributed by atoms with E-state index in [0.29, 0.717) is 18.5 Å². The van der Waals surface area contributed by atoms with Crippen molar-refractivity contribution in [3.63, 3.8) is 0 Å². The molecule has 2 aromatic rings. The molecule has 0 radical (unpaired) electrons. The maximum Gasteiger partial charge on any atom is 0.220 e. The number of hydrogen-bond donors (Lipinski definition) is 1. The lowest BCUT2D eigenvalue weighted by Crippen LogP contribution is -2.23. The van der Waals surface area contributed by atoms with Crippen LogP contribution in [-0.4, -0.2) is 10.9 Å². The minimum absolute atomic E-state index is 0.0914. The zero-order valence-electron chi connectivity index (χ0n) is 9.73. The van der Waals surface area contributed by atoms with Crippen LogP contribution in [0.3, 0.4) is 0 Å². The number of nitrogens with one attached hydrogen (secondary N) is 1. The molecule has 0 saturated heterocycles. The second kappa shape index (κ2) is 6.26. The molecule has 0 unspecified atom stereocenters. The summed E-state index contributed by atoms with van der Waals surface area (Å²) in [6.07, 6.45) is 0.695. The highest BCUT2D eigenvalue weighted by molar-refractivity contribution is 7.07. The highest BCUT2D eigenvalue weighted by Crippen LogP contribution is 2.08. The molecule has 0 saturated carbocycles. The number of halogens is 1. The highest BCUT2D eigenvalue weighted by atomic mass is 32.1. The molecule has 0 aliphatic carbocycles. The van der Waals surface area contributed by atoms with E-state index in [1.807, 2.05) is 5.38 Å². The number of aryl methyl sites for hydroxylation is 1. The summed E-state index contributed by atoms with van der Waals surface area (Å²) in [7, 11) is 0. The van der Waals surface area contributed by atoms with Crippen LogP contribution in [0.1, 0.15) is 17.7 Å². The molecule has 0 aliphatic rings. The zero-order chi connectivity index (χ0) is 12.8. The van der Waals surface area contributed by atoms with Crippen molar-refractivity contribution in [2.75, 3.05) is 0 Å². The van der Waals surface area contributed by atoms with Crippen LogP contribution < -0.4 is 5.32 Å². The van der Waals surface area contributed by atoms with Gasteiger partial charge in [0.1, 0.15) is 5.82 Å². The highest BCUT2D eigenvalue weighted by Gasteiger charge is 2.05. The molecule has 94 valence electrons. The molecule has 0 fully saturated rings. The van der Waals surface area contributed by atoms with Gasteiger partial charge in [-0.25, -0.2) is 9.37 Å². The molecule has 0 spiro atoms. The molecule has 2 rings (SSSR count). The van der Waals surface area contributed by atoms with E-state index < -0.39 is 0 Å². The molecule has 1 aromatic carbocycles. The van der Waals surface area contributed by atoms with Crippen molar-refractivity contribution in [2.24, 2.45) is 0 Å². The van der Waals surface area contributed by atoms with Crippen LogP contribution in [0.15, 0.2) is 35.2 Å².